The number of amides is 3. The molecule has 3 rings (SSSR count). The summed E-state index contributed by atoms with van der Waals surface area (Å²) in [6.07, 6.45) is 6.64. The van der Waals surface area contributed by atoms with Gasteiger partial charge in [-0.2, -0.15) is 0 Å². The molecule has 25 heavy (non-hydrogen) atoms. The molecule has 0 radical (unpaired) electrons. The van der Waals surface area contributed by atoms with Crippen LogP contribution in [-0.4, -0.2) is 40.3 Å². The quantitative estimate of drug-likeness (QED) is 0.667. The van der Waals surface area contributed by atoms with E-state index in [2.05, 4.69) is 5.32 Å². The number of nitrogens with zero attached hydrogens (tertiary/aromatic N) is 2. The first kappa shape index (κ1) is 17.0. The Kier molecular flexibility index (Phi) is 4.97. The number of fused-ring (bicyclic) bond motifs is 1. The molecular weight excluding hydrogens is 318 g/mol. The second-order valence-corrected chi connectivity index (χ2v) is 6.13. The maximum absolute atomic E-state index is 12.0. The Labute approximate surface area is 146 Å². The van der Waals surface area contributed by atoms with Crippen molar-refractivity contribution in [3.8, 4) is 0 Å². The zero-order chi connectivity index (χ0) is 17.8. The molecule has 3 amide bonds. The lowest BCUT2D eigenvalue weighted by molar-refractivity contribution is -0.148. The van der Waals surface area contributed by atoms with Crippen LogP contribution in [0.1, 0.15) is 24.8 Å². The van der Waals surface area contributed by atoms with Gasteiger partial charge in [0.1, 0.15) is 0 Å². The molecule has 2 aromatic rings. The molecule has 1 fully saturated rings. The van der Waals surface area contributed by atoms with Crippen molar-refractivity contribution in [3.63, 3.8) is 0 Å². The molecule has 1 saturated heterocycles. The number of benzene rings is 1. The van der Waals surface area contributed by atoms with Crippen LogP contribution in [0.25, 0.3) is 17.0 Å². The smallest absolute Gasteiger partial charge is 0.244 e. The maximum Gasteiger partial charge on any atom is 0.244 e. The molecule has 0 aliphatic carbocycles. The summed E-state index contributed by atoms with van der Waals surface area (Å²) in [7, 11) is 1.96. The van der Waals surface area contributed by atoms with E-state index in [0.29, 0.717) is 19.3 Å². The second kappa shape index (κ2) is 7.34. The van der Waals surface area contributed by atoms with Gasteiger partial charge in [-0.25, -0.2) is 0 Å². The zero-order valence-electron chi connectivity index (χ0n) is 14.2. The lowest BCUT2D eigenvalue weighted by Gasteiger charge is -2.24. The number of likely N-dealkylation sites (tertiary alicyclic amines) is 1. The molecule has 0 bridgehead atoms. The predicted molar refractivity (Wildman–Crippen MR) is 95.5 cm³/mol. The van der Waals surface area contributed by atoms with Gasteiger partial charge in [-0.3, -0.25) is 19.3 Å². The monoisotopic (exact) mass is 339 g/mol. The summed E-state index contributed by atoms with van der Waals surface area (Å²) < 4.78 is 2.01. The van der Waals surface area contributed by atoms with Gasteiger partial charge in [-0.15, -0.1) is 0 Å². The van der Waals surface area contributed by atoms with E-state index < -0.39 is 0 Å². The summed E-state index contributed by atoms with van der Waals surface area (Å²) in [5, 5.41) is 3.80. The van der Waals surface area contributed by atoms with Crippen molar-refractivity contribution >= 4 is 34.7 Å². The van der Waals surface area contributed by atoms with Crippen LogP contribution in [0.15, 0.2) is 36.5 Å². The Bertz CT molecular complexity index is 835. The third-order valence-electron chi connectivity index (χ3n) is 4.36. The number of hydrogen-bond donors (Lipinski definition) is 1. The summed E-state index contributed by atoms with van der Waals surface area (Å²) >= 11 is 0. The molecule has 0 saturated carbocycles. The largest absolute Gasteiger partial charge is 0.351 e. The van der Waals surface area contributed by atoms with Crippen molar-refractivity contribution in [3.05, 3.63) is 42.1 Å². The number of imide groups is 1. The van der Waals surface area contributed by atoms with Gasteiger partial charge < -0.3 is 9.88 Å². The summed E-state index contributed by atoms with van der Waals surface area (Å²) in [6, 6.07) is 7.98. The van der Waals surface area contributed by atoms with E-state index in [-0.39, 0.29) is 30.8 Å². The number of carbonyl (C=O) groups is 3. The first-order valence-corrected chi connectivity index (χ1v) is 8.39. The molecule has 0 atom stereocenters. The number of rotatable bonds is 5. The van der Waals surface area contributed by atoms with Crippen LogP contribution in [0.5, 0.6) is 0 Å². The van der Waals surface area contributed by atoms with Crippen molar-refractivity contribution in [2.75, 3.05) is 13.1 Å². The van der Waals surface area contributed by atoms with Crippen LogP contribution in [0.3, 0.4) is 0 Å². The van der Waals surface area contributed by atoms with Crippen LogP contribution < -0.4 is 5.32 Å². The fourth-order valence-electron chi connectivity index (χ4n) is 3.07. The standard InChI is InChI=1S/C19H21N3O3/c1-21-13-14(15-5-2-3-6-16(15)21)9-10-17(23)20-11-12-22-18(24)7-4-8-19(22)25/h2-3,5-6,9-10,13H,4,7-8,11-12H2,1H3,(H,20,23)/b10-9+. The van der Waals surface area contributed by atoms with E-state index in [1.165, 1.54) is 11.0 Å². The van der Waals surface area contributed by atoms with Crippen LogP contribution in [-0.2, 0) is 21.4 Å². The van der Waals surface area contributed by atoms with Gasteiger partial charge in [0.2, 0.25) is 17.7 Å². The van der Waals surface area contributed by atoms with Crippen molar-refractivity contribution < 1.29 is 14.4 Å². The van der Waals surface area contributed by atoms with E-state index >= 15 is 0 Å². The molecule has 0 spiro atoms. The Hall–Kier alpha value is -2.89. The molecule has 0 unspecified atom stereocenters. The Morgan fingerprint density at radius 3 is 2.68 bits per heavy atom. The number of aryl methyl sites for hydroxylation is 1. The highest BCUT2D eigenvalue weighted by Gasteiger charge is 2.25. The maximum atomic E-state index is 12.0. The van der Waals surface area contributed by atoms with Crippen LogP contribution in [0.2, 0.25) is 0 Å². The number of aromatic nitrogens is 1. The third kappa shape index (κ3) is 3.79. The van der Waals surface area contributed by atoms with Gasteiger partial charge in [-0.05, 0) is 18.6 Å². The van der Waals surface area contributed by atoms with Crippen molar-refractivity contribution in [1.82, 2.24) is 14.8 Å². The Morgan fingerprint density at radius 1 is 1.20 bits per heavy atom. The summed E-state index contributed by atoms with van der Waals surface area (Å²) in [6.45, 7) is 0.488. The molecule has 130 valence electrons. The number of carbonyl (C=O) groups excluding carboxylic acids is 3. The second-order valence-electron chi connectivity index (χ2n) is 6.13. The van der Waals surface area contributed by atoms with Gasteiger partial charge in [0.15, 0.2) is 0 Å². The van der Waals surface area contributed by atoms with Crippen LogP contribution in [0, 0.1) is 0 Å². The topological polar surface area (TPSA) is 71.4 Å². The lowest BCUT2D eigenvalue weighted by atomic mass is 10.1. The summed E-state index contributed by atoms with van der Waals surface area (Å²) in [5.74, 6) is -0.557. The van der Waals surface area contributed by atoms with E-state index in [1.807, 2.05) is 42.1 Å². The van der Waals surface area contributed by atoms with Crippen molar-refractivity contribution in [2.24, 2.45) is 7.05 Å². The fraction of sp³-hybridized carbons (Fsp3) is 0.316. The van der Waals surface area contributed by atoms with Crippen LogP contribution in [0.4, 0.5) is 0 Å². The third-order valence-corrected chi connectivity index (χ3v) is 4.36. The minimum atomic E-state index is -0.246. The Balaban J connectivity index is 1.56. The molecule has 6 heteroatoms. The molecule has 2 heterocycles. The summed E-state index contributed by atoms with van der Waals surface area (Å²) in [5.41, 5.74) is 2.07. The van der Waals surface area contributed by atoms with Crippen molar-refractivity contribution in [2.45, 2.75) is 19.3 Å². The normalized spacial score (nSPS) is 15.3. The average molecular weight is 339 g/mol. The number of nitrogens with one attached hydrogen (secondary N) is 1. The first-order valence-electron chi connectivity index (χ1n) is 8.39. The molecule has 1 aromatic carbocycles. The summed E-state index contributed by atoms with van der Waals surface area (Å²) in [4.78, 5) is 36.6. The molecule has 6 nitrogen and oxygen atoms in total. The molecule has 1 N–H and O–H groups in total. The highest BCUT2D eigenvalue weighted by Crippen LogP contribution is 2.21. The lowest BCUT2D eigenvalue weighted by Crippen LogP contribution is -2.44. The van der Waals surface area contributed by atoms with Gasteiger partial charge in [0.25, 0.3) is 0 Å². The minimum absolute atomic E-state index is 0.156. The number of piperidine rings is 1. The van der Waals surface area contributed by atoms with Crippen molar-refractivity contribution in [1.29, 1.82) is 0 Å². The van der Waals surface area contributed by atoms with Gasteiger partial charge >= 0.3 is 0 Å². The highest BCUT2D eigenvalue weighted by molar-refractivity contribution is 5.98. The zero-order valence-corrected chi connectivity index (χ0v) is 14.2. The van der Waals surface area contributed by atoms with E-state index in [9.17, 15) is 14.4 Å². The van der Waals surface area contributed by atoms with E-state index in [1.54, 1.807) is 6.08 Å². The molecule has 1 aliphatic heterocycles. The molecular formula is C19H21N3O3. The average Bonchev–Trinajstić information content (AvgIpc) is 2.92. The number of hydrogen-bond acceptors (Lipinski definition) is 3. The fourth-order valence-corrected chi connectivity index (χ4v) is 3.07. The first-order chi connectivity index (χ1) is 12.1. The van der Waals surface area contributed by atoms with E-state index in [0.717, 1.165) is 16.5 Å². The Morgan fingerprint density at radius 2 is 1.92 bits per heavy atom. The minimum Gasteiger partial charge on any atom is -0.351 e. The predicted octanol–water partition coefficient (Wildman–Crippen LogP) is 1.85. The highest BCUT2D eigenvalue weighted by atomic mass is 16.2. The van der Waals surface area contributed by atoms with E-state index in [4.69, 9.17) is 0 Å². The van der Waals surface area contributed by atoms with Gasteiger partial charge in [0, 0.05) is 61.7 Å². The van der Waals surface area contributed by atoms with Gasteiger partial charge in [-0.1, -0.05) is 18.2 Å². The number of para-hydroxylation sites is 1. The molecule has 1 aromatic heterocycles. The van der Waals surface area contributed by atoms with Gasteiger partial charge in [0.05, 0.1) is 0 Å². The molecule has 1 aliphatic rings. The van der Waals surface area contributed by atoms with Crippen LogP contribution >= 0.6 is 0 Å². The SMILES string of the molecule is Cn1cc(/C=C/C(=O)NCCN2C(=O)CCCC2=O)c2ccccc21.